The van der Waals surface area contributed by atoms with Crippen molar-refractivity contribution >= 4 is 39.6 Å². The van der Waals surface area contributed by atoms with Crippen LogP contribution in [0.2, 0.25) is 0 Å². The van der Waals surface area contributed by atoms with E-state index in [2.05, 4.69) is 10.6 Å². The normalized spacial score (nSPS) is 12.6. The molecule has 0 bridgehead atoms. The predicted molar refractivity (Wildman–Crippen MR) is 122 cm³/mol. The van der Waals surface area contributed by atoms with Crippen molar-refractivity contribution in [2.45, 2.75) is 18.9 Å². The molecule has 0 saturated carbocycles. The minimum atomic E-state index is -1.32. The van der Waals surface area contributed by atoms with Gasteiger partial charge in [-0.3, -0.25) is 35.1 Å². The molecule has 3 aromatic rings. The van der Waals surface area contributed by atoms with Crippen LogP contribution in [0.15, 0.2) is 54.6 Å². The van der Waals surface area contributed by atoms with Crippen molar-refractivity contribution in [1.82, 2.24) is 5.32 Å². The van der Waals surface area contributed by atoms with Crippen molar-refractivity contribution in [3.8, 4) is 0 Å². The molecule has 0 radical (unpaired) electrons. The van der Waals surface area contributed by atoms with Gasteiger partial charge in [-0.05, 0) is 23.3 Å². The van der Waals surface area contributed by atoms with E-state index in [1.165, 1.54) is 6.92 Å². The highest BCUT2D eigenvalue weighted by Crippen LogP contribution is 2.32. The van der Waals surface area contributed by atoms with Gasteiger partial charge in [0, 0.05) is 12.6 Å². The molecule has 0 aliphatic carbocycles. The monoisotopic (exact) mass is 469 g/mol. The largest absolute Gasteiger partial charge is 0.368 e. The van der Waals surface area contributed by atoms with Crippen molar-refractivity contribution in [2.24, 2.45) is 5.73 Å². The van der Waals surface area contributed by atoms with Gasteiger partial charge in [-0.1, -0.05) is 42.5 Å². The third kappa shape index (κ3) is 4.96. The van der Waals surface area contributed by atoms with Gasteiger partial charge in [0.15, 0.2) is 0 Å². The first-order valence-corrected chi connectivity index (χ1v) is 10.0. The quantitative estimate of drug-likeness (QED) is 0.334. The van der Waals surface area contributed by atoms with E-state index in [4.69, 9.17) is 5.73 Å². The average Bonchev–Trinajstić information content (AvgIpc) is 2.79. The number of halogens is 1. The molecule has 2 atom stereocenters. The topological polar surface area (TPSA) is 170 Å². The third-order valence-electron chi connectivity index (χ3n) is 5.22. The first-order valence-electron chi connectivity index (χ1n) is 10.0. The second-order valence-corrected chi connectivity index (χ2v) is 7.41. The molecule has 3 rings (SSSR count). The fourth-order valence-electron chi connectivity index (χ4n) is 3.50. The molecular formula is C22H20FN5O6. The Hall–Kier alpha value is -4.45. The maximum absolute atomic E-state index is 14.0. The fourth-order valence-corrected chi connectivity index (χ4v) is 3.50. The second-order valence-electron chi connectivity index (χ2n) is 7.41. The van der Waals surface area contributed by atoms with Crippen LogP contribution in [-0.4, -0.2) is 34.2 Å². The zero-order valence-corrected chi connectivity index (χ0v) is 17.9. The SMILES string of the molecule is C[C@H](Nc1cc(F)c([N+](=O)[O-])cc1[N+](=O)[O-])C(=O)NC(=O)[C@H](CN)c1cccc2ccccc12. The number of imide groups is 1. The zero-order valence-electron chi connectivity index (χ0n) is 17.9. The standard InChI is InChI=1S/C22H20FN5O6/c1-12(25-18-9-17(23)19(27(31)32)10-20(18)28(33)34)21(29)26-22(30)16(11-24)15-8-4-6-13-5-2-3-7-14(13)15/h2-10,12,16,25H,11,24H2,1H3,(H,26,29,30)/t12-,16+/m0/s1. The van der Waals surface area contributed by atoms with Crippen LogP contribution in [-0.2, 0) is 9.59 Å². The first-order chi connectivity index (χ1) is 16.1. The number of nitrogens with one attached hydrogen (secondary N) is 2. The minimum Gasteiger partial charge on any atom is -0.368 e. The van der Waals surface area contributed by atoms with Gasteiger partial charge in [-0.2, -0.15) is 4.39 Å². The lowest BCUT2D eigenvalue weighted by Crippen LogP contribution is -2.44. The number of rotatable bonds is 8. The Morgan fingerprint density at radius 1 is 1.00 bits per heavy atom. The van der Waals surface area contributed by atoms with Gasteiger partial charge in [0.2, 0.25) is 17.6 Å². The van der Waals surface area contributed by atoms with Crippen LogP contribution in [0.4, 0.5) is 21.5 Å². The number of anilines is 1. The van der Waals surface area contributed by atoms with Gasteiger partial charge in [-0.15, -0.1) is 0 Å². The summed E-state index contributed by atoms with van der Waals surface area (Å²) in [6.07, 6.45) is 0. The molecule has 34 heavy (non-hydrogen) atoms. The molecule has 4 N–H and O–H groups in total. The number of nitro benzene ring substituents is 2. The predicted octanol–water partition coefficient (Wildman–Crippen LogP) is 2.98. The summed E-state index contributed by atoms with van der Waals surface area (Å²) in [7, 11) is 0. The molecule has 0 saturated heterocycles. The summed E-state index contributed by atoms with van der Waals surface area (Å²) in [6, 6.07) is 12.5. The van der Waals surface area contributed by atoms with Crippen LogP contribution in [0.3, 0.4) is 0 Å². The summed E-state index contributed by atoms with van der Waals surface area (Å²) in [5.41, 5.74) is 4.12. The number of carbonyl (C=O) groups excluding carboxylic acids is 2. The molecule has 11 nitrogen and oxygen atoms in total. The van der Waals surface area contributed by atoms with Crippen molar-refractivity contribution in [3.63, 3.8) is 0 Å². The zero-order chi connectivity index (χ0) is 25.0. The number of hydrogen-bond acceptors (Lipinski definition) is 8. The molecular weight excluding hydrogens is 449 g/mol. The third-order valence-corrected chi connectivity index (χ3v) is 5.22. The van der Waals surface area contributed by atoms with Crippen LogP contribution < -0.4 is 16.4 Å². The Bertz CT molecular complexity index is 1290. The molecule has 12 heteroatoms. The van der Waals surface area contributed by atoms with E-state index in [0.29, 0.717) is 17.7 Å². The van der Waals surface area contributed by atoms with Gasteiger partial charge >= 0.3 is 5.69 Å². The van der Waals surface area contributed by atoms with E-state index >= 15 is 0 Å². The number of benzene rings is 3. The smallest absolute Gasteiger partial charge is 0.311 e. The van der Waals surface area contributed by atoms with Crippen LogP contribution in [0.1, 0.15) is 18.4 Å². The Morgan fingerprint density at radius 3 is 2.29 bits per heavy atom. The van der Waals surface area contributed by atoms with E-state index in [0.717, 1.165) is 10.8 Å². The summed E-state index contributed by atoms with van der Waals surface area (Å²) < 4.78 is 14.0. The summed E-state index contributed by atoms with van der Waals surface area (Å²) in [6.45, 7) is 1.20. The summed E-state index contributed by atoms with van der Waals surface area (Å²) in [4.78, 5) is 45.6. The van der Waals surface area contributed by atoms with Crippen molar-refractivity contribution in [2.75, 3.05) is 11.9 Å². The average molecular weight is 469 g/mol. The van der Waals surface area contributed by atoms with Crippen LogP contribution in [0, 0.1) is 26.0 Å². The van der Waals surface area contributed by atoms with Gasteiger partial charge in [0.05, 0.1) is 21.8 Å². The number of nitrogens with two attached hydrogens (primary N) is 1. The Balaban J connectivity index is 1.80. The lowest BCUT2D eigenvalue weighted by molar-refractivity contribution is -0.395. The van der Waals surface area contributed by atoms with E-state index in [1.807, 2.05) is 30.3 Å². The molecule has 0 spiro atoms. The number of nitro groups is 2. The van der Waals surface area contributed by atoms with E-state index < -0.39 is 56.5 Å². The second kappa shape index (κ2) is 10.0. The maximum Gasteiger partial charge on any atom is 0.311 e. The lowest BCUT2D eigenvalue weighted by atomic mass is 9.92. The van der Waals surface area contributed by atoms with Crippen molar-refractivity contribution in [1.29, 1.82) is 0 Å². The molecule has 2 amide bonds. The highest BCUT2D eigenvalue weighted by Gasteiger charge is 2.28. The summed E-state index contributed by atoms with van der Waals surface area (Å²) in [5.74, 6) is -3.70. The van der Waals surface area contributed by atoms with Gasteiger partial charge in [0.25, 0.3) is 5.69 Å². The van der Waals surface area contributed by atoms with Crippen molar-refractivity contribution < 1.29 is 23.8 Å². The Morgan fingerprint density at radius 2 is 1.65 bits per heavy atom. The number of amides is 2. The highest BCUT2D eigenvalue weighted by molar-refractivity contribution is 6.03. The van der Waals surface area contributed by atoms with Crippen LogP contribution >= 0.6 is 0 Å². The fraction of sp³-hybridized carbons (Fsp3) is 0.182. The van der Waals surface area contributed by atoms with Crippen LogP contribution in [0.25, 0.3) is 10.8 Å². The molecule has 0 unspecified atom stereocenters. The molecule has 0 aromatic heterocycles. The molecule has 176 valence electrons. The van der Waals surface area contributed by atoms with Gasteiger partial charge in [-0.25, -0.2) is 0 Å². The summed E-state index contributed by atoms with van der Waals surface area (Å²) in [5, 5.41) is 28.5. The Labute approximate surface area is 192 Å². The lowest BCUT2D eigenvalue weighted by Gasteiger charge is -2.19. The van der Waals surface area contributed by atoms with E-state index in [1.54, 1.807) is 12.1 Å². The molecule has 0 fully saturated rings. The number of fused-ring (bicyclic) bond motifs is 1. The van der Waals surface area contributed by atoms with Crippen molar-refractivity contribution in [3.05, 3.63) is 86.2 Å². The Kier molecular flexibility index (Phi) is 7.12. The number of carbonyl (C=O) groups is 2. The van der Waals surface area contributed by atoms with Gasteiger partial charge in [0.1, 0.15) is 11.7 Å². The van der Waals surface area contributed by atoms with Gasteiger partial charge < -0.3 is 11.1 Å². The first kappa shape index (κ1) is 24.2. The molecule has 0 aliphatic heterocycles. The number of hydrogen-bond donors (Lipinski definition) is 3. The molecule has 3 aromatic carbocycles. The van der Waals surface area contributed by atoms with E-state index in [9.17, 15) is 34.2 Å². The number of nitrogens with zero attached hydrogens (tertiary/aromatic N) is 2. The minimum absolute atomic E-state index is 0.0893. The molecule has 0 aliphatic rings. The van der Waals surface area contributed by atoms with E-state index in [-0.39, 0.29) is 6.54 Å². The maximum atomic E-state index is 14.0. The summed E-state index contributed by atoms with van der Waals surface area (Å²) >= 11 is 0. The molecule has 0 heterocycles. The highest BCUT2D eigenvalue weighted by atomic mass is 19.1. The van der Waals surface area contributed by atoms with Crippen LogP contribution in [0.5, 0.6) is 0 Å².